The van der Waals surface area contributed by atoms with Crippen molar-refractivity contribution >= 4 is 61.4 Å². The third kappa shape index (κ3) is 5.43. The van der Waals surface area contributed by atoms with E-state index in [1.54, 1.807) is 28.0 Å². The van der Waals surface area contributed by atoms with Gasteiger partial charge < -0.3 is 9.84 Å². The van der Waals surface area contributed by atoms with E-state index < -0.39 is 0 Å². The summed E-state index contributed by atoms with van der Waals surface area (Å²) in [6, 6.07) is 12.2. The first-order chi connectivity index (χ1) is 17.9. The summed E-state index contributed by atoms with van der Waals surface area (Å²) in [6.07, 6.45) is 4.27. The van der Waals surface area contributed by atoms with Crippen molar-refractivity contribution in [3.63, 3.8) is 0 Å². The molecule has 0 atom stereocenters. The van der Waals surface area contributed by atoms with Gasteiger partial charge >= 0.3 is 0 Å². The number of aromatic nitrogens is 2. The minimum Gasteiger partial charge on any atom is -0.507 e. The number of hydrogen-bond acceptors (Lipinski definition) is 8. The fourth-order valence-corrected chi connectivity index (χ4v) is 6.66. The van der Waals surface area contributed by atoms with Crippen molar-refractivity contribution in [1.82, 2.24) is 15.0 Å². The highest BCUT2D eigenvalue weighted by atomic mass is 79.9. The Morgan fingerprint density at radius 1 is 1.30 bits per heavy atom. The number of phenols is 1. The number of rotatable bonds is 8. The van der Waals surface area contributed by atoms with Crippen LogP contribution in [-0.2, 0) is 17.6 Å². The standard InChI is InChI=1S/C26H23BrN4O4S2/c1-2-35-18-9-7-17(8-10-18)31-25(34)23-19-4-3-5-21(19)37-24(23)29-26(31)36-14-22(33)30-28-13-15-12-16(27)6-11-20(15)32/h6-13,32H,2-5,14H2,1H3,(H,30,33)/b28-13+. The maximum absolute atomic E-state index is 13.7. The van der Waals surface area contributed by atoms with Gasteiger partial charge in [0.1, 0.15) is 16.3 Å². The highest BCUT2D eigenvalue weighted by Crippen LogP contribution is 2.36. The molecular formula is C26H23BrN4O4S2. The summed E-state index contributed by atoms with van der Waals surface area (Å²) in [7, 11) is 0. The number of hydrogen-bond donors (Lipinski definition) is 2. The number of amides is 1. The SMILES string of the molecule is CCOc1ccc(-n2c(SCC(=O)N/N=C/c3cc(Br)ccc3O)nc3sc4c(c3c2=O)CCC4)cc1. The fourth-order valence-electron chi connectivity index (χ4n) is 4.17. The molecule has 2 N–H and O–H groups in total. The summed E-state index contributed by atoms with van der Waals surface area (Å²) in [5, 5.41) is 15.0. The summed E-state index contributed by atoms with van der Waals surface area (Å²) in [6.45, 7) is 2.46. The topological polar surface area (TPSA) is 106 Å². The molecule has 2 heterocycles. The van der Waals surface area contributed by atoms with Gasteiger partial charge in [0, 0.05) is 14.9 Å². The van der Waals surface area contributed by atoms with Gasteiger partial charge in [0.15, 0.2) is 5.16 Å². The lowest BCUT2D eigenvalue weighted by Gasteiger charge is -2.13. The zero-order valence-electron chi connectivity index (χ0n) is 19.9. The number of nitrogens with one attached hydrogen (secondary N) is 1. The first-order valence-corrected chi connectivity index (χ1v) is 14.3. The van der Waals surface area contributed by atoms with Crippen molar-refractivity contribution in [2.24, 2.45) is 5.10 Å². The van der Waals surface area contributed by atoms with Crippen molar-refractivity contribution in [1.29, 1.82) is 0 Å². The lowest BCUT2D eigenvalue weighted by molar-refractivity contribution is -0.118. The van der Waals surface area contributed by atoms with Crippen LogP contribution < -0.4 is 15.7 Å². The molecule has 1 amide bonds. The Hall–Kier alpha value is -3.15. The number of benzene rings is 2. The van der Waals surface area contributed by atoms with Gasteiger partial charge in [-0.1, -0.05) is 27.7 Å². The predicted molar refractivity (Wildman–Crippen MR) is 151 cm³/mol. The Morgan fingerprint density at radius 2 is 2.11 bits per heavy atom. The molecule has 0 radical (unpaired) electrons. The Morgan fingerprint density at radius 3 is 2.89 bits per heavy atom. The summed E-state index contributed by atoms with van der Waals surface area (Å²) in [4.78, 5) is 33.0. The molecule has 0 spiro atoms. The molecule has 11 heteroatoms. The summed E-state index contributed by atoms with van der Waals surface area (Å²) < 4.78 is 7.90. The molecule has 0 unspecified atom stereocenters. The second-order valence-corrected chi connectivity index (χ2v) is 11.2. The van der Waals surface area contributed by atoms with Crippen molar-refractivity contribution in [3.05, 3.63) is 73.3 Å². The van der Waals surface area contributed by atoms with Crippen LogP contribution in [0.5, 0.6) is 11.5 Å². The highest BCUT2D eigenvalue weighted by molar-refractivity contribution is 9.10. The number of nitrogens with zero attached hydrogens (tertiary/aromatic N) is 3. The quantitative estimate of drug-likeness (QED) is 0.127. The van der Waals surface area contributed by atoms with E-state index in [4.69, 9.17) is 9.72 Å². The zero-order valence-corrected chi connectivity index (χ0v) is 23.1. The number of carbonyl (C=O) groups is 1. The van der Waals surface area contributed by atoms with Crippen molar-refractivity contribution in [2.45, 2.75) is 31.3 Å². The number of aryl methyl sites for hydroxylation is 2. The highest BCUT2D eigenvalue weighted by Gasteiger charge is 2.24. The lowest BCUT2D eigenvalue weighted by atomic mass is 10.2. The van der Waals surface area contributed by atoms with E-state index in [2.05, 4.69) is 26.5 Å². The van der Waals surface area contributed by atoms with Gasteiger partial charge in [-0.15, -0.1) is 11.3 Å². The monoisotopic (exact) mass is 598 g/mol. The molecule has 2 aromatic heterocycles. The second-order valence-electron chi connectivity index (χ2n) is 8.28. The second kappa shape index (κ2) is 11.1. The van der Waals surface area contributed by atoms with Crippen LogP contribution in [0.15, 0.2) is 62.0 Å². The molecule has 4 aromatic rings. The van der Waals surface area contributed by atoms with Gasteiger partial charge in [0.05, 0.1) is 29.6 Å². The first kappa shape index (κ1) is 25.5. The molecule has 8 nitrogen and oxygen atoms in total. The third-order valence-corrected chi connectivity index (χ3v) is 8.45. The third-order valence-electron chi connectivity index (χ3n) is 5.83. The Kier molecular flexibility index (Phi) is 7.63. The number of fused-ring (bicyclic) bond motifs is 3. The number of thioether (sulfide) groups is 1. The molecule has 37 heavy (non-hydrogen) atoms. The number of ether oxygens (including phenoxy) is 1. The number of halogens is 1. The van der Waals surface area contributed by atoms with E-state index in [1.165, 1.54) is 28.9 Å². The van der Waals surface area contributed by atoms with E-state index >= 15 is 0 Å². The normalized spacial score (nSPS) is 12.8. The van der Waals surface area contributed by atoms with E-state index in [-0.39, 0.29) is 23.0 Å². The van der Waals surface area contributed by atoms with Crippen LogP contribution in [0.1, 0.15) is 29.3 Å². The number of phenolic OH excluding ortho intramolecular Hbond substituents is 1. The number of thiophene rings is 1. The largest absolute Gasteiger partial charge is 0.507 e. The van der Waals surface area contributed by atoms with Gasteiger partial charge in [-0.05, 0) is 74.2 Å². The Balaban J connectivity index is 1.41. The van der Waals surface area contributed by atoms with Crippen LogP contribution in [-0.4, -0.2) is 39.1 Å². The van der Waals surface area contributed by atoms with E-state index in [0.717, 1.165) is 29.3 Å². The molecule has 0 aliphatic heterocycles. The van der Waals surface area contributed by atoms with Gasteiger partial charge in [-0.2, -0.15) is 5.10 Å². The van der Waals surface area contributed by atoms with E-state index in [1.807, 2.05) is 31.2 Å². The molecule has 0 bridgehead atoms. The maximum Gasteiger partial charge on any atom is 0.267 e. The lowest BCUT2D eigenvalue weighted by Crippen LogP contribution is -2.24. The molecule has 2 aromatic carbocycles. The van der Waals surface area contributed by atoms with Crippen LogP contribution >= 0.6 is 39.0 Å². The van der Waals surface area contributed by atoms with Gasteiger partial charge in [0.2, 0.25) is 0 Å². The van der Waals surface area contributed by atoms with Crippen LogP contribution in [0.3, 0.4) is 0 Å². The van der Waals surface area contributed by atoms with E-state index in [9.17, 15) is 14.7 Å². The smallest absolute Gasteiger partial charge is 0.267 e. The van der Waals surface area contributed by atoms with Crippen LogP contribution in [0.25, 0.3) is 15.9 Å². The van der Waals surface area contributed by atoms with Crippen LogP contribution in [0, 0.1) is 0 Å². The molecule has 190 valence electrons. The molecule has 1 aliphatic carbocycles. The summed E-state index contributed by atoms with van der Waals surface area (Å²) in [5.74, 6) is 0.405. The Bertz CT molecular complexity index is 1560. The molecule has 1 aliphatic rings. The van der Waals surface area contributed by atoms with Crippen LogP contribution in [0.2, 0.25) is 0 Å². The van der Waals surface area contributed by atoms with Crippen molar-refractivity contribution in [2.75, 3.05) is 12.4 Å². The maximum atomic E-state index is 13.7. The van der Waals surface area contributed by atoms with Crippen LogP contribution in [0.4, 0.5) is 0 Å². The molecule has 5 rings (SSSR count). The predicted octanol–water partition coefficient (Wildman–Crippen LogP) is 5.05. The molecule has 0 saturated heterocycles. The van der Waals surface area contributed by atoms with Crippen molar-refractivity contribution < 1.29 is 14.6 Å². The first-order valence-electron chi connectivity index (χ1n) is 11.7. The molecule has 0 fully saturated rings. The van der Waals surface area contributed by atoms with Gasteiger partial charge in [-0.25, -0.2) is 10.4 Å². The molecule has 0 saturated carbocycles. The summed E-state index contributed by atoms with van der Waals surface area (Å²) in [5.41, 5.74) is 4.57. The minimum atomic E-state index is -0.364. The van der Waals surface area contributed by atoms with Gasteiger partial charge in [-0.3, -0.25) is 14.2 Å². The molecular weight excluding hydrogens is 576 g/mol. The Labute approximate surface area is 229 Å². The van der Waals surface area contributed by atoms with Crippen molar-refractivity contribution in [3.8, 4) is 17.2 Å². The van der Waals surface area contributed by atoms with E-state index in [0.29, 0.717) is 39.0 Å². The average molecular weight is 600 g/mol. The number of hydrazone groups is 1. The van der Waals surface area contributed by atoms with Gasteiger partial charge in [0.25, 0.3) is 11.5 Å². The summed E-state index contributed by atoms with van der Waals surface area (Å²) >= 11 is 6.08. The number of carbonyl (C=O) groups excluding carboxylic acids is 1. The minimum absolute atomic E-state index is 0.00186. The fraction of sp³-hybridized carbons (Fsp3) is 0.231. The average Bonchev–Trinajstić information content (AvgIpc) is 3.47. The zero-order chi connectivity index (χ0) is 25.9. The number of aromatic hydroxyl groups is 1.